The molecule has 0 aromatic rings. The number of piperidine rings is 1. The van der Waals surface area contributed by atoms with E-state index in [-0.39, 0.29) is 17.8 Å². The van der Waals surface area contributed by atoms with E-state index in [0.29, 0.717) is 11.9 Å². The van der Waals surface area contributed by atoms with Crippen LogP contribution in [-0.2, 0) is 4.79 Å². The summed E-state index contributed by atoms with van der Waals surface area (Å²) in [6.07, 6.45) is 5.72. The largest absolute Gasteiger partial charge is 0.342 e. The second kappa shape index (κ2) is 4.77. The SMILES string of the molecule is CCC1(C(=O)N2CCC3NCCC3C2)CC1.Cl. The Kier molecular flexibility index (Phi) is 3.69. The van der Waals surface area contributed by atoms with E-state index in [0.717, 1.165) is 51.2 Å². The van der Waals surface area contributed by atoms with Gasteiger partial charge in [0, 0.05) is 24.5 Å². The molecule has 4 heteroatoms. The minimum atomic E-state index is 0. The molecule has 2 saturated heterocycles. The Bertz CT molecular complexity index is 304. The first-order valence-corrected chi connectivity index (χ1v) is 6.78. The van der Waals surface area contributed by atoms with E-state index in [1.54, 1.807) is 0 Å². The third-order valence-electron chi connectivity index (χ3n) is 4.93. The molecule has 0 spiro atoms. The molecule has 3 nitrogen and oxygen atoms in total. The minimum Gasteiger partial charge on any atom is -0.342 e. The van der Waals surface area contributed by atoms with Gasteiger partial charge in [0.1, 0.15) is 0 Å². The Morgan fingerprint density at radius 2 is 2.18 bits per heavy atom. The van der Waals surface area contributed by atoms with Crippen LogP contribution in [0.4, 0.5) is 0 Å². The molecule has 1 amide bonds. The van der Waals surface area contributed by atoms with Crippen molar-refractivity contribution in [1.29, 1.82) is 0 Å². The molecule has 1 N–H and O–H groups in total. The molecule has 1 aliphatic carbocycles. The maximum atomic E-state index is 12.4. The Morgan fingerprint density at radius 1 is 1.41 bits per heavy atom. The van der Waals surface area contributed by atoms with Crippen molar-refractivity contribution in [3.05, 3.63) is 0 Å². The summed E-state index contributed by atoms with van der Waals surface area (Å²) < 4.78 is 0. The standard InChI is InChI=1S/C13H22N2O.ClH/c1-2-13(5-6-13)12(16)15-8-4-11-10(9-15)3-7-14-11;/h10-11,14H,2-9H2,1H3;1H. The van der Waals surface area contributed by atoms with Gasteiger partial charge in [-0.25, -0.2) is 0 Å². The predicted octanol–water partition coefficient (Wildman–Crippen LogP) is 1.81. The fourth-order valence-electron chi connectivity index (χ4n) is 3.44. The van der Waals surface area contributed by atoms with Crippen molar-refractivity contribution in [3.8, 4) is 0 Å². The Hall–Kier alpha value is -0.280. The van der Waals surface area contributed by atoms with Crippen molar-refractivity contribution in [2.45, 2.75) is 45.1 Å². The average molecular weight is 259 g/mol. The van der Waals surface area contributed by atoms with Crippen LogP contribution in [0.2, 0.25) is 0 Å². The number of carbonyl (C=O) groups excluding carboxylic acids is 1. The molecule has 98 valence electrons. The van der Waals surface area contributed by atoms with Crippen LogP contribution in [-0.4, -0.2) is 36.5 Å². The van der Waals surface area contributed by atoms with Gasteiger partial charge in [0.25, 0.3) is 0 Å². The molecule has 2 unspecified atom stereocenters. The van der Waals surface area contributed by atoms with E-state index in [2.05, 4.69) is 17.1 Å². The second-order valence-electron chi connectivity index (χ2n) is 5.78. The number of fused-ring (bicyclic) bond motifs is 1. The lowest BCUT2D eigenvalue weighted by atomic mass is 9.91. The van der Waals surface area contributed by atoms with Crippen molar-refractivity contribution in [2.75, 3.05) is 19.6 Å². The lowest BCUT2D eigenvalue weighted by Crippen LogP contribution is -2.49. The summed E-state index contributed by atoms with van der Waals surface area (Å²) in [4.78, 5) is 14.6. The van der Waals surface area contributed by atoms with Gasteiger partial charge in [-0.3, -0.25) is 4.79 Å². The normalized spacial score (nSPS) is 33.8. The highest BCUT2D eigenvalue weighted by Crippen LogP contribution is 2.50. The van der Waals surface area contributed by atoms with Crippen molar-refractivity contribution < 1.29 is 4.79 Å². The molecule has 3 aliphatic rings. The molecule has 0 bridgehead atoms. The van der Waals surface area contributed by atoms with Crippen LogP contribution >= 0.6 is 12.4 Å². The summed E-state index contributed by atoms with van der Waals surface area (Å²) in [5, 5.41) is 3.55. The number of amides is 1. The number of rotatable bonds is 2. The molecule has 0 radical (unpaired) electrons. The molecule has 2 heterocycles. The third-order valence-corrected chi connectivity index (χ3v) is 4.93. The summed E-state index contributed by atoms with van der Waals surface area (Å²) in [6, 6.07) is 0.695. The zero-order valence-electron chi connectivity index (χ0n) is 10.6. The van der Waals surface area contributed by atoms with Crippen LogP contribution < -0.4 is 5.32 Å². The first-order valence-electron chi connectivity index (χ1n) is 6.78. The monoisotopic (exact) mass is 258 g/mol. The number of carbonyl (C=O) groups is 1. The number of hydrogen-bond donors (Lipinski definition) is 1. The van der Waals surface area contributed by atoms with Crippen LogP contribution in [0.15, 0.2) is 0 Å². The fraction of sp³-hybridized carbons (Fsp3) is 0.923. The second-order valence-corrected chi connectivity index (χ2v) is 5.78. The lowest BCUT2D eigenvalue weighted by Gasteiger charge is -2.36. The van der Waals surface area contributed by atoms with Crippen molar-refractivity contribution in [3.63, 3.8) is 0 Å². The molecular formula is C13H23ClN2O. The van der Waals surface area contributed by atoms with Gasteiger partial charge in [-0.05, 0) is 44.6 Å². The zero-order chi connectivity index (χ0) is 11.2. The van der Waals surface area contributed by atoms with Gasteiger partial charge in [-0.1, -0.05) is 6.92 Å². The predicted molar refractivity (Wildman–Crippen MR) is 70.3 cm³/mol. The maximum absolute atomic E-state index is 12.4. The van der Waals surface area contributed by atoms with Crippen LogP contribution in [0, 0.1) is 11.3 Å². The first kappa shape index (κ1) is 13.2. The summed E-state index contributed by atoms with van der Waals surface area (Å²) in [5.74, 6) is 1.19. The van der Waals surface area contributed by atoms with Gasteiger partial charge < -0.3 is 10.2 Å². The molecule has 0 aromatic carbocycles. The highest BCUT2D eigenvalue weighted by molar-refractivity contribution is 5.85. The van der Waals surface area contributed by atoms with Gasteiger partial charge in [-0.2, -0.15) is 0 Å². The van der Waals surface area contributed by atoms with Crippen LogP contribution in [0.25, 0.3) is 0 Å². The third kappa shape index (κ3) is 2.19. The topological polar surface area (TPSA) is 32.3 Å². The van der Waals surface area contributed by atoms with Crippen molar-refractivity contribution in [1.82, 2.24) is 10.2 Å². The fourth-order valence-corrected chi connectivity index (χ4v) is 3.44. The molecule has 2 atom stereocenters. The molecule has 2 aliphatic heterocycles. The summed E-state index contributed by atoms with van der Waals surface area (Å²) in [5.41, 5.74) is 0.0683. The molecule has 1 saturated carbocycles. The average Bonchev–Trinajstić information content (AvgIpc) is 2.98. The number of hydrogen-bond acceptors (Lipinski definition) is 2. The zero-order valence-corrected chi connectivity index (χ0v) is 11.4. The van der Waals surface area contributed by atoms with Gasteiger partial charge >= 0.3 is 0 Å². The summed E-state index contributed by atoms with van der Waals surface area (Å²) >= 11 is 0. The number of nitrogens with zero attached hydrogens (tertiary/aromatic N) is 1. The number of nitrogens with one attached hydrogen (secondary N) is 1. The van der Waals surface area contributed by atoms with E-state index < -0.39 is 0 Å². The number of likely N-dealkylation sites (tertiary alicyclic amines) is 1. The molecule has 17 heavy (non-hydrogen) atoms. The maximum Gasteiger partial charge on any atom is 0.228 e. The molecule has 3 rings (SSSR count). The Labute approximate surface area is 110 Å². The van der Waals surface area contributed by atoms with E-state index >= 15 is 0 Å². The van der Waals surface area contributed by atoms with E-state index in [4.69, 9.17) is 0 Å². The first-order chi connectivity index (χ1) is 7.75. The Balaban J connectivity index is 0.00000108. The minimum absolute atomic E-state index is 0. The van der Waals surface area contributed by atoms with E-state index in [9.17, 15) is 4.79 Å². The molecule has 3 fully saturated rings. The van der Waals surface area contributed by atoms with E-state index in [1.807, 2.05) is 0 Å². The molecule has 0 aromatic heterocycles. The summed E-state index contributed by atoms with van der Waals surface area (Å²) in [7, 11) is 0. The smallest absolute Gasteiger partial charge is 0.228 e. The van der Waals surface area contributed by atoms with Gasteiger partial charge in [0.2, 0.25) is 5.91 Å². The number of halogens is 1. The van der Waals surface area contributed by atoms with Gasteiger partial charge in [0.15, 0.2) is 0 Å². The lowest BCUT2D eigenvalue weighted by molar-refractivity contribution is -0.139. The highest BCUT2D eigenvalue weighted by Gasteiger charge is 2.51. The highest BCUT2D eigenvalue weighted by atomic mass is 35.5. The van der Waals surface area contributed by atoms with Gasteiger partial charge in [0.05, 0.1) is 0 Å². The Morgan fingerprint density at radius 3 is 2.82 bits per heavy atom. The van der Waals surface area contributed by atoms with Crippen LogP contribution in [0.1, 0.15) is 39.0 Å². The quantitative estimate of drug-likeness (QED) is 0.819. The van der Waals surface area contributed by atoms with Crippen molar-refractivity contribution >= 4 is 18.3 Å². The molecular weight excluding hydrogens is 236 g/mol. The summed E-state index contributed by atoms with van der Waals surface area (Å²) in [6.45, 7) is 5.30. The van der Waals surface area contributed by atoms with Crippen LogP contribution in [0.5, 0.6) is 0 Å². The van der Waals surface area contributed by atoms with Gasteiger partial charge in [-0.15, -0.1) is 12.4 Å². The van der Waals surface area contributed by atoms with Crippen LogP contribution in [0.3, 0.4) is 0 Å². The van der Waals surface area contributed by atoms with Crippen molar-refractivity contribution in [2.24, 2.45) is 11.3 Å². The van der Waals surface area contributed by atoms with E-state index in [1.165, 1.54) is 6.42 Å².